The molecule has 0 radical (unpaired) electrons. The fourth-order valence-corrected chi connectivity index (χ4v) is 3.15. The van der Waals surface area contributed by atoms with Gasteiger partial charge in [0.1, 0.15) is 24.5 Å². The number of rotatable bonds is 5. The van der Waals surface area contributed by atoms with E-state index in [-0.39, 0.29) is 18.2 Å². The van der Waals surface area contributed by atoms with Crippen molar-refractivity contribution in [3.8, 4) is 11.3 Å². The number of carbonyl (C=O) groups is 1. The van der Waals surface area contributed by atoms with Crippen LogP contribution in [0.4, 0.5) is 36.6 Å². The summed E-state index contributed by atoms with van der Waals surface area (Å²) < 4.78 is 92.3. The molecule has 3 heterocycles. The van der Waals surface area contributed by atoms with E-state index in [0.717, 1.165) is 5.56 Å². The number of fused-ring (bicyclic) bond motifs is 1. The van der Waals surface area contributed by atoms with Gasteiger partial charge in [-0.3, -0.25) is 0 Å². The summed E-state index contributed by atoms with van der Waals surface area (Å²) in [4.78, 5) is 24.3. The Morgan fingerprint density at radius 3 is 2.16 bits per heavy atom. The summed E-state index contributed by atoms with van der Waals surface area (Å²) in [6.07, 6.45) is -9.50. The zero-order chi connectivity index (χ0) is 27.2. The highest BCUT2D eigenvalue weighted by molar-refractivity contribution is 5.87. The van der Waals surface area contributed by atoms with Crippen LogP contribution in [0.15, 0.2) is 36.4 Å². The summed E-state index contributed by atoms with van der Waals surface area (Å²) in [7, 11) is 0. The van der Waals surface area contributed by atoms with E-state index in [1.165, 1.54) is 12.1 Å². The van der Waals surface area contributed by atoms with E-state index >= 15 is 0 Å². The highest BCUT2D eigenvalue weighted by atomic mass is 19.4. The molecule has 4 rings (SSSR count). The molecule has 1 aliphatic heterocycles. The average molecular weight is 536 g/mol. The first-order chi connectivity index (χ1) is 17.3. The number of hydrogen-bond acceptors (Lipinski definition) is 7. The van der Waals surface area contributed by atoms with Crippen molar-refractivity contribution in [1.29, 1.82) is 0 Å². The highest BCUT2D eigenvalue weighted by Crippen LogP contribution is 2.27. The van der Waals surface area contributed by atoms with Crippen molar-refractivity contribution in [2.24, 2.45) is 0 Å². The van der Waals surface area contributed by atoms with Crippen molar-refractivity contribution in [1.82, 2.24) is 15.0 Å². The number of carboxylic acids is 1. The molecule has 0 amide bonds. The number of nitrogens with zero attached hydrogens (tertiary/aromatic N) is 4. The number of hydrogen-bond donors (Lipinski definition) is 1. The quantitative estimate of drug-likeness (QED) is 0.480. The topological polar surface area (TPSA) is 97.7 Å². The van der Waals surface area contributed by atoms with Gasteiger partial charge in [0.2, 0.25) is 0 Å². The van der Waals surface area contributed by atoms with Gasteiger partial charge < -0.3 is 19.5 Å². The number of carboxylic acid groups (broad SMARTS) is 1. The van der Waals surface area contributed by atoms with Gasteiger partial charge in [-0.15, -0.1) is 0 Å². The summed E-state index contributed by atoms with van der Waals surface area (Å²) >= 11 is 0. The first-order valence-corrected chi connectivity index (χ1v) is 10.5. The van der Waals surface area contributed by atoms with Gasteiger partial charge in [-0.05, 0) is 36.4 Å². The molecule has 0 aliphatic carbocycles. The maximum Gasteiger partial charge on any atom is 0.490 e. The van der Waals surface area contributed by atoms with Gasteiger partial charge in [0.05, 0.1) is 24.4 Å². The van der Waals surface area contributed by atoms with Crippen LogP contribution in [-0.2, 0) is 20.9 Å². The second-order valence-electron chi connectivity index (χ2n) is 7.54. The molecule has 2 aromatic heterocycles. The van der Waals surface area contributed by atoms with E-state index in [4.69, 9.17) is 19.4 Å². The van der Waals surface area contributed by atoms with Crippen molar-refractivity contribution in [2.75, 3.05) is 37.8 Å². The summed E-state index contributed by atoms with van der Waals surface area (Å²) in [5.41, 5.74) is 2.34. The van der Waals surface area contributed by atoms with Crippen LogP contribution >= 0.6 is 0 Å². The van der Waals surface area contributed by atoms with Gasteiger partial charge in [-0.1, -0.05) is 0 Å². The number of anilines is 1. The van der Waals surface area contributed by atoms with Crippen molar-refractivity contribution in [3.63, 3.8) is 0 Å². The average Bonchev–Trinajstić information content (AvgIpc) is 2.83. The van der Waals surface area contributed by atoms with E-state index < -0.39 is 24.9 Å². The molecule has 1 saturated heterocycles. The molecule has 0 saturated carbocycles. The van der Waals surface area contributed by atoms with Crippen LogP contribution < -0.4 is 4.90 Å². The Kier molecular flexibility index (Phi) is 8.81. The van der Waals surface area contributed by atoms with Gasteiger partial charge in [-0.2, -0.15) is 26.3 Å². The Balaban J connectivity index is 0.000000479. The maximum atomic E-state index is 13.2. The fourth-order valence-electron chi connectivity index (χ4n) is 3.15. The number of pyridine rings is 1. The van der Waals surface area contributed by atoms with Gasteiger partial charge in [0.15, 0.2) is 11.6 Å². The molecule has 15 heteroatoms. The number of alkyl halides is 6. The van der Waals surface area contributed by atoms with Crippen LogP contribution in [0, 0.1) is 5.82 Å². The van der Waals surface area contributed by atoms with Crippen LogP contribution in [0.3, 0.4) is 0 Å². The Bertz CT molecular complexity index is 1210. The number of benzene rings is 1. The maximum absolute atomic E-state index is 13.2. The second-order valence-corrected chi connectivity index (χ2v) is 7.54. The van der Waals surface area contributed by atoms with E-state index in [0.29, 0.717) is 48.8 Å². The standard InChI is InChI=1S/C20H18F4N4O2.C2HF3O2/c21-14-3-1-13(2-4-14)15-5-6-16-18(26-15)19(28-7-9-29-10-8-28)27-17(25-16)11-30-12-20(22,23)24;3-2(4,5)1(6)7/h1-6H,7-12H2;(H,6,7). The minimum Gasteiger partial charge on any atom is -0.475 e. The van der Waals surface area contributed by atoms with Crippen molar-refractivity contribution < 1.29 is 50.1 Å². The lowest BCUT2D eigenvalue weighted by Crippen LogP contribution is -2.37. The molecule has 1 N–H and O–H groups in total. The van der Waals surface area contributed by atoms with Gasteiger partial charge >= 0.3 is 18.3 Å². The van der Waals surface area contributed by atoms with Crippen LogP contribution in [-0.4, -0.2) is 71.3 Å². The predicted octanol–water partition coefficient (Wildman–Crippen LogP) is 4.38. The molecule has 37 heavy (non-hydrogen) atoms. The van der Waals surface area contributed by atoms with E-state index in [1.54, 1.807) is 24.3 Å². The Morgan fingerprint density at radius 1 is 0.973 bits per heavy atom. The number of morpholine rings is 1. The van der Waals surface area contributed by atoms with Gasteiger partial charge in [0, 0.05) is 18.7 Å². The number of aromatic nitrogens is 3. The van der Waals surface area contributed by atoms with Crippen molar-refractivity contribution in [2.45, 2.75) is 19.0 Å². The lowest BCUT2D eigenvalue weighted by molar-refractivity contribution is -0.192. The smallest absolute Gasteiger partial charge is 0.475 e. The molecule has 0 unspecified atom stereocenters. The summed E-state index contributed by atoms with van der Waals surface area (Å²) in [6, 6.07) is 9.39. The summed E-state index contributed by atoms with van der Waals surface area (Å²) in [6.45, 7) is 0.399. The summed E-state index contributed by atoms with van der Waals surface area (Å²) in [5.74, 6) is -2.45. The van der Waals surface area contributed by atoms with E-state index in [9.17, 15) is 30.7 Å². The molecule has 1 aromatic carbocycles. The lowest BCUT2D eigenvalue weighted by atomic mass is 10.1. The monoisotopic (exact) mass is 536 g/mol. The third kappa shape index (κ3) is 8.21. The number of halogens is 7. The molecule has 0 spiro atoms. The summed E-state index contributed by atoms with van der Waals surface area (Å²) in [5, 5.41) is 7.12. The zero-order valence-electron chi connectivity index (χ0n) is 18.8. The van der Waals surface area contributed by atoms with E-state index in [1.807, 2.05) is 4.90 Å². The van der Waals surface area contributed by atoms with Crippen LogP contribution in [0.2, 0.25) is 0 Å². The molecule has 0 atom stereocenters. The zero-order valence-corrected chi connectivity index (χ0v) is 18.8. The molecular weight excluding hydrogens is 517 g/mol. The van der Waals surface area contributed by atoms with Crippen LogP contribution in [0.5, 0.6) is 0 Å². The third-order valence-electron chi connectivity index (χ3n) is 4.76. The molecular formula is C22H19F7N4O4. The minimum atomic E-state index is -5.08. The second kappa shape index (κ2) is 11.6. The number of aliphatic carboxylic acids is 1. The van der Waals surface area contributed by atoms with Crippen LogP contribution in [0.25, 0.3) is 22.3 Å². The largest absolute Gasteiger partial charge is 0.490 e. The molecule has 1 fully saturated rings. The van der Waals surface area contributed by atoms with Crippen LogP contribution in [0.1, 0.15) is 5.82 Å². The minimum absolute atomic E-state index is 0.143. The first kappa shape index (κ1) is 28.0. The van der Waals surface area contributed by atoms with E-state index in [2.05, 4.69) is 15.0 Å². The molecule has 1 aliphatic rings. The highest BCUT2D eigenvalue weighted by Gasteiger charge is 2.38. The predicted molar refractivity (Wildman–Crippen MR) is 115 cm³/mol. The normalized spacial score (nSPS) is 14.3. The molecule has 8 nitrogen and oxygen atoms in total. The van der Waals surface area contributed by atoms with Crippen molar-refractivity contribution >= 4 is 22.8 Å². The Labute approximate surface area is 204 Å². The van der Waals surface area contributed by atoms with Gasteiger partial charge in [0.25, 0.3) is 0 Å². The Hall–Kier alpha value is -3.59. The number of ether oxygens (including phenoxy) is 2. The first-order valence-electron chi connectivity index (χ1n) is 10.5. The van der Waals surface area contributed by atoms with Gasteiger partial charge in [-0.25, -0.2) is 24.1 Å². The SMILES string of the molecule is Fc1ccc(-c2ccc3nc(COCC(F)(F)F)nc(N4CCOCC4)c3n2)cc1.O=C(O)C(F)(F)F. The fraction of sp³-hybridized carbons (Fsp3) is 0.364. The molecule has 3 aromatic rings. The Morgan fingerprint density at radius 2 is 1.59 bits per heavy atom. The molecule has 200 valence electrons. The third-order valence-corrected chi connectivity index (χ3v) is 4.76. The lowest BCUT2D eigenvalue weighted by Gasteiger charge is -2.28. The molecule has 0 bridgehead atoms. The van der Waals surface area contributed by atoms with Crippen molar-refractivity contribution in [3.05, 3.63) is 48.0 Å².